The Morgan fingerprint density at radius 3 is 2.73 bits per heavy atom. The molecule has 3 heteroatoms. The van der Waals surface area contributed by atoms with E-state index < -0.39 is 0 Å². The van der Waals surface area contributed by atoms with Crippen molar-refractivity contribution in [2.45, 2.75) is 103 Å². The maximum absolute atomic E-state index is 10.3. The summed E-state index contributed by atoms with van der Waals surface area (Å²) in [6.07, 6.45) is 13.8. The number of piperidine rings is 1. The van der Waals surface area contributed by atoms with E-state index in [1.165, 1.54) is 44.9 Å². The molecule has 30 heavy (non-hydrogen) atoms. The summed E-state index contributed by atoms with van der Waals surface area (Å²) in [6.45, 7) is 11.2. The molecule has 2 aliphatic heterocycles. The molecule has 4 unspecified atom stereocenters. The average Bonchev–Trinajstić information content (AvgIpc) is 3.13. The summed E-state index contributed by atoms with van der Waals surface area (Å²) in [5.41, 5.74) is 2.32. The van der Waals surface area contributed by atoms with Crippen LogP contribution in [0.4, 0.5) is 0 Å². The smallest absolute Gasteiger partial charge is 0.122 e. The maximum atomic E-state index is 10.3. The molecule has 0 aromatic heterocycles. The molecule has 6 rings (SSSR count). The fraction of sp³-hybridized carbons (Fsp3) is 0.926. The molecule has 0 bridgehead atoms. The van der Waals surface area contributed by atoms with Gasteiger partial charge in [-0.1, -0.05) is 39.3 Å². The molecule has 3 nitrogen and oxygen atoms in total. The lowest BCUT2D eigenvalue weighted by molar-refractivity contribution is -0.118. The van der Waals surface area contributed by atoms with E-state index in [0.717, 1.165) is 43.1 Å². The van der Waals surface area contributed by atoms with Crippen molar-refractivity contribution in [1.29, 1.82) is 0 Å². The molecule has 3 saturated carbocycles. The highest BCUT2D eigenvalue weighted by Gasteiger charge is 2.68. The second-order valence-corrected chi connectivity index (χ2v) is 12.8. The van der Waals surface area contributed by atoms with Crippen molar-refractivity contribution in [2.75, 3.05) is 6.54 Å². The predicted octanol–water partition coefficient (Wildman–Crippen LogP) is 5.29. The number of allylic oxidation sites excluding steroid dienone is 1. The largest absolute Gasteiger partial charge is 0.393 e. The topological polar surface area (TPSA) is 41.5 Å². The molecule has 2 heterocycles. The van der Waals surface area contributed by atoms with Crippen molar-refractivity contribution in [2.24, 2.45) is 46.3 Å². The van der Waals surface area contributed by atoms with Crippen LogP contribution in [0.25, 0.3) is 0 Å². The number of hydrogen-bond donors (Lipinski definition) is 2. The summed E-state index contributed by atoms with van der Waals surface area (Å²) in [5.74, 6) is 4.56. The Labute approximate surface area is 183 Å². The van der Waals surface area contributed by atoms with Crippen molar-refractivity contribution in [3.63, 3.8) is 0 Å². The molecule has 11 atom stereocenters. The summed E-state index contributed by atoms with van der Waals surface area (Å²) in [5, 5.41) is 14.1. The molecule has 5 fully saturated rings. The first kappa shape index (κ1) is 20.2. The molecule has 0 radical (unpaired) electrons. The van der Waals surface area contributed by atoms with Gasteiger partial charge in [-0.25, -0.2) is 0 Å². The Kier molecular flexibility index (Phi) is 4.44. The molecular formula is C27H43NO2. The van der Waals surface area contributed by atoms with Crippen LogP contribution in [0.15, 0.2) is 11.6 Å². The number of rotatable bonds is 0. The van der Waals surface area contributed by atoms with Gasteiger partial charge < -0.3 is 9.84 Å². The molecule has 2 N–H and O–H groups in total. The van der Waals surface area contributed by atoms with Gasteiger partial charge in [0.05, 0.1) is 12.2 Å². The highest BCUT2D eigenvalue weighted by atomic mass is 16.5. The van der Waals surface area contributed by atoms with Crippen molar-refractivity contribution in [3.05, 3.63) is 11.6 Å². The molecule has 6 aliphatic rings. The zero-order valence-electron chi connectivity index (χ0n) is 19.6. The maximum Gasteiger partial charge on any atom is 0.122 e. The molecule has 4 aliphatic carbocycles. The molecule has 0 aromatic rings. The van der Waals surface area contributed by atoms with Crippen molar-refractivity contribution in [1.82, 2.24) is 5.32 Å². The van der Waals surface area contributed by atoms with E-state index in [9.17, 15) is 5.11 Å². The van der Waals surface area contributed by atoms with Gasteiger partial charge in [0, 0.05) is 5.92 Å². The zero-order chi connectivity index (χ0) is 20.9. The second-order valence-electron chi connectivity index (χ2n) is 12.8. The first-order chi connectivity index (χ1) is 14.3. The lowest BCUT2D eigenvalue weighted by Crippen LogP contribution is -2.57. The van der Waals surface area contributed by atoms with Crippen LogP contribution in [0.1, 0.15) is 85.5 Å². The van der Waals surface area contributed by atoms with E-state index in [-0.39, 0.29) is 11.8 Å². The van der Waals surface area contributed by atoms with E-state index in [4.69, 9.17) is 4.74 Å². The summed E-state index contributed by atoms with van der Waals surface area (Å²) >= 11 is 0. The summed E-state index contributed by atoms with van der Waals surface area (Å²) in [7, 11) is 0. The number of nitrogens with one attached hydrogen (secondary N) is 1. The summed E-state index contributed by atoms with van der Waals surface area (Å²) in [6, 6.07) is 0. The van der Waals surface area contributed by atoms with Crippen LogP contribution in [0.3, 0.4) is 0 Å². The van der Waals surface area contributed by atoms with Gasteiger partial charge in [-0.3, -0.25) is 5.32 Å². The van der Waals surface area contributed by atoms with E-state index in [2.05, 4.69) is 39.1 Å². The SMILES string of the molecule is C[C@H]1CCN[C@]2(C1)OC1C[C@H]3C4CC=C5C[C@@H](O)CC[C@]5(C)C4CC[C@]3(C)C1[C@@H]2C. The third-order valence-corrected chi connectivity index (χ3v) is 11.5. The number of aliphatic hydroxyl groups is 1. The fourth-order valence-electron chi connectivity index (χ4n) is 10.0. The van der Waals surface area contributed by atoms with E-state index >= 15 is 0 Å². The quantitative estimate of drug-likeness (QED) is 0.530. The van der Waals surface area contributed by atoms with Crippen LogP contribution >= 0.6 is 0 Å². The van der Waals surface area contributed by atoms with Crippen LogP contribution in [0.2, 0.25) is 0 Å². The van der Waals surface area contributed by atoms with Crippen LogP contribution in [-0.2, 0) is 4.74 Å². The average molecular weight is 414 g/mol. The molecule has 0 aromatic carbocycles. The van der Waals surface area contributed by atoms with Gasteiger partial charge in [0.1, 0.15) is 5.72 Å². The molecule has 168 valence electrons. The van der Waals surface area contributed by atoms with Crippen molar-refractivity contribution in [3.8, 4) is 0 Å². The number of hydrogen-bond acceptors (Lipinski definition) is 3. The lowest BCUT2D eigenvalue weighted by atomic mass is 9.47. The van der Waals surface area contributed by atoms with E-state index in [1.54, 1.807) is 5.57 Å². The Morgan fingerprint density at radius 2 is 1.93 bits per heavy atom. The Hall–Kier alpha value is -0.380. The highest BCUT2D eigenvalue weighted by Crippen LogP contribution is 2.70. The third kappa shape index (κ3) is 2.55. The van der Waals surface area contributed by atoms with Crippen LogP contribution in [0.5, 0.6) is 0 Å². The second kappa shape index (κ2) is 6.58. The normalized spacial score (nSPS) is 59.8. The van der Waals surface area contributed by atoms with E-state index in [0.29, 0.717) is 28.8 Å². The monoisotopic (exact) mass is 413 g/mol. The van der Waals surface area contributed by atoms with Gasteiger partial charge in [-0.2, -0.15) is 0 Å². The predicted molar refractivity (Wildman–Crippen MR) is 120 cm³/mol. The van der Waals surface area contributed by atoms with Gasteiger partial charge >= 0.3 is 0 Å². The zero-order valence-corrected chi connectivity index (χ0v) is 19.6. The molecule has 0 amide bonds. The van der Waals surface area contributed by atoms with Gasteiger partial charge in [0.25, 0.3) is 0 Å². The Morgan fingerprint density at radius 1 is 1.10 bits per heavy atom. The van der Waals surface area contributed by atoms with Crippen molar-refractivity contribution < 1.29 is 9.84 Å². The Balaban J connectivity index is 1.29. The summed E-state index contributed by atoms with van der Waals surface area (Å²) < 4.78 is 7.02. The van der Waals surface area contributed by atoms with Crippen LogP contribution in [-0.4, -0.2) is 29.6 Å². The minimum absolute atomic E-state index is 0.0526. The van der Waals surface area contributed by atoms with Crippen molar-refractivity contribution >= 4 is 0 Å². The Bertz CT molecular complexity index is 749. The first-order valence-electron chi connectivity index (χ1n) is 13.1. The standard InChI is InChI=1S/C27H43NO2/c1-16-9-12-28-27(15-16)17(2)24-23(30-27)14-22-20-6-5-18-13-19(29)7-10-25(18,3)21(20)8-11-26(22,24)4/h5,16-17,19-24,28-29H,6-15H2,1-4H3/t16-,17-,19-,20?,21?,22-,23?,24?,25-,26-,27+/m0/s1. The minimum atomic E-state index is -0.101. The van der Waals surface area contributed by atoms with Crippen LogP contribution < -0.4 is 5.32 Å². The lowest BCUT2D eigenvalue weighted by Gasteiger charge is -2.58. The van der Waals surface area contributed by atoms with Gasteiger partial charge in [-0.15, -0.1) is 0 Å². The highest BCUT2D eigenvalue weighted by molar-refractivity contribution is 5.26. The van der Waals surface area contributed by atoms with Crippen LogP contribution in [0, 0.1) is 46.3 Å². The minimum Gasteiger partial charge on any atom is -0.393 e. The first-order valence-corrected chi connectivity index (χ1v) is 13.1. The molecular weight excluding hydrogens is 370 g/mol. The van der Waals surface area contributed by atoms with E-state index in [1.807, 2.05) is 0 Å². The third-order valence-electron chi connectivity index (χ3n) is 11.5. The van der Waals surface area contributed by atoms with Gasteiger partial charge in [0.2, 0.25) is 0 Å². The molecule has 2 saturated heterocycles. The van der Waals surface area contributed by atoms with Gasteiger partial charge in [-0.05, 0) is 105 Å². The summed E-state index contributed by atoms with van der Waals surface area (Å²) in [4.78, 5) is 0. The molecule has 1 spiro atoms. The number of ether oxygens (including phenoxy) is 1. The van der Waals surface area contributed by atoms with Gasteiger partial charge in [0.15, 0.2) is 0 Å². The fourth-order valence-corrected chi connectivity index (χ4v) is 10.0. The number of aliphatic hydroxyl groups excluding tert-OH is 1. The number of fused-ring (bicyclic) bond motifs is 7.